The molecule has 2 aromatic heterocycles. The van der Waals surface area contributed by atoms with Crippen molar-refractivity contribution in [1.29, 1.82) is 0 Å². The monoisotopic (exact) mass is 413 g/mol. The molecule has 0 spiro atoms. The predicted molar refractivity (Wildman–Crippen MR) is 94.5 cm³/mol. The van der Waals surface area contributed by atoms with Gasteiger partial charge in [0.05, 0.1) is 23.0 Å². The van der Waals surface area contributed by atoms with Gasteiger partial charge in [0.1, 0.15) is 0 Å². The van der Waals surface area contributed by atoms with Crippen molar-refractivity contribution < 1.29 is 22.0 Å². The fourth-order valence-corrected chi connectivity index (χ4v) is 4.38. The summed E-state index contributed by atoms with van der Waals surface area (Å²) in [5.41, 5.74) is -0.181. The van der Waals surface area contributed by atoms with Gasteiger partial charge in [0.15, 0.2) is 0 Å². The molecule has 0 atom stereocenters. The molecule has 9 nitrogen and oxygen atoms in total. The van der Waals surface area contributed by atoms with Crippen LogP contribution in [0.5, 0.6) is 0 Å². The highest BCUT2D eigenvalue weighted by molar-refractivity contribution is 7.92. The second kappa shape index (κ2) is 7.62. The van der Waals surface area contributed by atoms with Gasteiger partial charge in [-0.05, 0) is 25.0 Å². The summed E-state index contributed by atoms with van der Waals surface area (Å²) >= 11 is 0. The number of likely N-dealkylation sites (tertiary alicyclic amines) is 1. The number of halogens is 2. The Labute approximate surface area is 158 Å². The number of sulfone groups is 1. The second-order valence-corrected chi connectivity index (χ2v) is 8.30. The van der Waals surface area contributed by atoms with Crippen molar-refractivity contribution in [2.24, 2.45) is 5.92 Å². The van der Waals surface area contributed by atoms with Crippen LogP contribution in [0.25, 0.3) is 0 Å². The Morgan fingerprint density at radius 1 is 1.21 bits per heavy atom. The molecule has 0 saturated carbocycles. The lowest BCUT2D eigenvalue weighted by Gasteiger charge is -2.35. The molecule has 12 heteroatoms. The molecule has 0 radical (unpaired) electrons. The SMILES string of the molecule is O=C(Nc1ccnnc1)N1CCC(C(F)(F)S(=O)(=O)c2ccc(=O)[nH]c2)CC1. The van der Waals surface area contributed by atoms with E-state index >= 15 is 0 Å². The zero-order valence-corrected chi connectivity index (χ0v) is 15.3. The van der Waals surface area contributed by atoms with Crippen LogP contribution in [0.3, 0.4) is 0 Å². The highest BCUT2D eigenvalue weighted by Gasteiger charge is 2.53. The Hall–Kier alpha value is -2.89. The van der Waals surface area contributed by atoms with Gasteiger partial charge in [0, 0.05) is 31.3 Å². The topological polar surface area (TPSA) is 125 Å². The molecular formula is C16H17F2N5O4S. The van der Waals surface area contributed by atoms with Gasteiger partial charge in [-0.3, -0.25) is 4.79 Å². The number of anilines is 1. The first-order chi connectivity index (χ1) is 13.2. The maximum absolute atomic E-state index is 14.7. The number of pyridine rings is 1. The number of hydrogen-bond donors (Lipinski definition) is 2. The number of H-pyrrole nitrogens is 1. The number of nitrogens with one attached hydrogen (secondary N) is 2. The summed E-state index contributed by atoms with van der Waals surface area (Å²) in [5, 5.41) is 5.74. The van der Waals surface area contributed by atoms with E-state index in [1.165, 1.54) is 23.4 Å². The fraction of sp³-hybridized carbons (Fsp3) is 0.375. The van der Waals surface area contributed by atoms with Crippen LogP contribution in [0.1, 0.15) is 12.8 Å². The van der Waals surface area contributed by atoms with Gasteiger partial charge in [-0.15, -0.1) is 0 Å². The van der Waals surface area contributed by atoms with Crippen molar-refractivity contribution in [3.05, 3.63) is 47.1 Å². The molecule has 0 aromatic carbocycles. The van der Waals surface area contributed by atoms with Crippen LogP contribution in [-0.2, 0) is 9.84 Å². The largest absolute Gasteiger partial charge is 0.352 e. The number of carbonyl (C=O) groups excluding carboxylic acids is 1. The zero-order chi connectivity index (χ0) is 20.4. The summed E-state index contributed by atoms with van der Waals surface area (Å²) < 4.78 is 54.2. The van der Waals surface area contributed by atoms with Crippen LogP contribution in [0.4, 0.5) is 19.3 Å². The van der Waals surface area contributed by atoms with Gasteiger partial charge in [-0.25, -0.2) is 13.2 Å². The minimum Gasteiger partial charge on any atom is -0.328 e. The number of nitrogens with zero attached hydrogens (tertiary/aromatic N) is 3. The Morgan fingerprint density at radius 2 is 1.93 bits per heavy atom. The van der Waals surface area contributed by atoms with Crippen LogP contribution in [0.15, 0.2) is 46.5 Å². The van der Waals surface area contributed by atoms with E-state index in [2.05, 4.69) is 20.5 Å². The highest BCUT2D eigenvalue weighted by atomic mass is 32.2. The summed E-state index contributed by atoms with van der Waals surface area (Å²) in [7, 11) is -4.98. The molecule has 1 saturated heterocycles. The van der Waals surface area contributed by atoms with Crippen LogP contribution in [0.2, 0.25) is 0 Å². The second-order valence-electron chi connectivity index (χ2n) is 6.28. The summed E-state index contributed by atoms with van der Waals surface area (Å²) in [6.45, 7) is -0.0442. The third-order valence-electron chi connectivity index (χ3n) is 4.52. The van der Waals surface area contributed by atoms with Gasteiger partial charge >= 0.3 is 11.3 Å². The van der Waals surface area contributed by atoms with Crippen molar-refractivity contribution in [1.82, 2.24) is 20.1 Å². The first-order valence-electron chi connectivity index (χ1n) is 8.35. The molecule has 0 bridgehead atoms. The lowest BCUT2D eigenvalue weighted by Crippen LogP contribution is -2.47. The van der Waals surface area contributed by atoms with Gasteiger partial charge in [-0.1, -0.05) is 0 Å². The molecule has 28 heavy (non-hydrogen) atoms. The summed E-state index contributed by atoms with van der Waals surface area (Å²) in [6, 6.07) is 2.78. The van der Waals surface area contributed by atoms with Gasteiger partial charge < -0.3 is 15.2 Å². The van der Waals surface area contributed by atoms with Gasteiger partial charge in [0.25, 0.3) is 0 Å². The molecular weight excluding hydrogens is 396 g/mol. The Morgan fingerprint density at radius 3 is 2.50 bits per heavy atom. The van der Waals surface area contributed by atoms with E-state index in [0.717, 1.165) is 18.3 Å². The van der Waals surface area contributed by atoms with Crippen LogP contribution >= 0.6 is 0 Å². The zero-order valence-electron chi connectivity index (χ0n) is 14.5. The number of rotatable bonds is 4. The van der Waals surface area contributed by atoms with E-state index in [4.69, 9.17) is 0 Å². The molecule has 1 aliphatic heterocycles. The molecule has 3 rings (SSSR count). The van der Waals surface area contributed by atoms with E-state index in [1.807, 2.05) is 0 Å². The summed E-state index contributed by atoms with van der Waals surface area (Å²) in [5.74, 6) is -1.45. The molecule has 150 valence electrons. The smallest absolute Gasteiger partial charge is 0.328 e. The molecule has 0 aliphatic carbocycles. The normalized spacial score (nSPS) is 16.0. The number of aromatic amines is 1. The first kappa shape index (κ1) is 19.9. The summed E-state index contributed by atoms with van der Waals surface area (Å²) in [4.78, 5) is 26.0. The maximum atomic E-state index is 14.7. The average molecular weight is 413 g/mol. The number of alkyl halides is 2. The molecule has 2 N–H and O–H groups in total. The lowest BCUT2D eigenvalue weighted by molar-refractivity contribution is 0.000407. The standard InChI is InChI=1S/C16H17F2N5O4S/c17-16(18,28(26,27)13-1-2-14(24)19-10-13)11-4-7-23(8-5-11)15(25)22-12-3-6-20-21-9-12/h1-3,6,9-11H,4-5,7-8H2,(H,19,24)(H,20,22,25). The van der Waals surface area contributed by atoms with Gasteiger partial charge in [-0.2, -0.15) is 19.0 Å². The number of hydrogen-bond acceptors (Lipinski definition) is 6. The molecule has 3 heterocycles. The van der Waals surface area contributed by atoms with Crippen molar-refractivity contribution >= 4 is 21.6 Å². The maximum Gasteiger partial charge on any atom is 0.352 e. The quantitative estimate of drug-likeness (QED) is 0.782. The Bertz CT molecular complexity index is 985. The number of amides is 2. The van der Waals surface area contributed by atoms with Crippen molar-refractivity contribution in [3.63, 3.8) is 0 Å². The van der Waals surface area contributed by atoms with E-state index in [9.17, 15) is 26.8 Å². The predicted octanol–water partition coefficient (Wildman–Crippen LogP) is 1.48. The van der Waals surface area contributed by atoms with E-state index < -0.39 is 37.5 Å². The third kappa shape index (κ3) is 3.86. The highest BCUT2D eigenvalue weighted by Crippen LogP contribution is 2.40. The lowest BCUT2D eigenvalue weighted by atomic mass is 9.97. The fourth-order valence-electron chi connectivity index (χ4n) is 2.93. The minimum atomic E-state index is -4.98. The van der Waals surface area contributed by atoms with E-state index in [1.54, 1.807) is 0 Å². The number of carbonyl (C=O) groups is 1. The van der Waals surface area contributed by atoms with E-state index in [-0.39, 0.29) is 25.9 Å². The Kier molecular flexibility index (Phi) is 5.40. The van der Waals surface area contributed by atoms with Crippen LogP contribution in [-0.4, -0.2) is 52.9 Å². The van der Waals surface area contributed by atoms with Crippen molar-refractivity contribution in [2.45, 2.75) is 23.0 Å². The molecule has 1 aliphatic rings. The molecule has 2 amide bonds. The number of aromatic nitrogens is 3. The average Bonchev–Trinajstić information content (AvgIpc) is 2.69. The van der Waals surface area contributed by atoms with Gasteiger partial charge in [0.2, 0.25) is 15.4 Å². The molecule has 0 unspecified atom stereocenters. The minimum absolute atomic E-state index is 0.0221. The van der Waals surface area contributed by atoms with Crippen molar-refractivity contribution in [2.75, 3.05) is 18.4 Å². The van der Waals surface area contributed by atoms with Crippen molar-refractivity contribution in [3.8, 4) is 0 Å². The van der Waals surface area contributed by atoms with Crippen LogP contribution in [0, 0.1) is 5.92 Å². The summed E-state index contributed by atoms with van der Waals surface area (Å²) in [6.07, 6.45) is 3.13. The number of piperidine rings is 1. The Balaban J connectivity index is 1.67. The first-order valence-corrected chi connectivity index (χ1v) is 9.84. The number of urea groups is 1. The third-order valence-corrected chi connectivity index (χ3v) is 6.44. The molecule has 1 fully saturated rings. The molecule has 2 aromatic rings. The van der Waals surface area contributed by atoms with Crippen LogP contribution < -0.4 is 10.9 Å². The van der Waals surface area contributed by atoms with E-state index in [0.29, 0.717) is 5.69 Å².